The Hall–Kier alpha value is -2.57. The van der Waals surface area contributed by atoms with E-state index in [1.807, 2.05) is 0 Å². The van der Waals surface area contributed by atoms with E-state index in [0.29, 0.717) is 22.8 Å². The van der Waals surface area contributed by atoms with Gasteiger partial charge in [0, 0.05) is 5.69 Å². The highest BCUT2D eigenvalue weighted by Gasteiger charge is 2.15. The first-order chi connectivity index (χ1) is 8.99. The zero-order valence-electron chi connectivity index (χ0n) is 10.5. The number of hydrogen-bond acceptors (Lipinski definition) is 4. The van der Waals surface area contributed by atoms with Gasteiger partial charge in [-0.1, -0.05) is 0 Å². The third-order valence-electron chi connectivity index (χ3n) is 2.70. The van der Waals surface area contributed by atoms with Crippen molar-refractivity contribution in [3.63, 3.8) is 0 Å². The van der Waals surface area contributed by atoms with Gasteiger partial charge in [-0.25, -0.2) is 4.79 Å². The molecule has 0 atom stereocenters. The van der Waals surface area contributed by atoms with Crippen molar-refractivity contribution in [3.8, 4) is 0 Å². The van der Waals surface area contributed by atoms with Gasteiger partial charge in [0.15, 0.2) is 0 Å². The van der Waals surface area contributed by atoms with Gasteiger partial charge in [0.25, 0.3) is 5.91 Å². The molecule has 3 N–H and O–H groups in total. The summed E-state index contributed by atoms with van der Waals surface area (Å²) in [6, 6.07) is 1.40. The fourth-order valence-electron chi connectivity index (χ4n) is 1.69. The molecule has 0 aliphatic heterocycles. The molecule has 2 aromatic rings. The topological polar surface area (TPSA) is 108 Å². The Kier molecular flexibility index (Phi) is 3.37. The minimum Gasteiger partial charge on any atom is -0.478 e. The molecule has 0 unspecified atom stereocenters. The summed E-state index contributed by atoms with van der Waals surface area (Å²) in [5.41, 5.74) is 1.21. The van der Waals surface area contributed by atoms with Crippen molar-refractivity contribution in [2.75, 3.05) is 0 Å². The van der Waals surface area contributed by atoms with Crippen molar-refractivity contribution in [2.24, 2.45) is 0 Å². The Balaban J connectivity index is 2.03. The Labute approximate surface area is 108 Å². The number of carbonyl (C=O) groups excluding carboxylic acids is 1. The lowest BCUT2D eigenvalue weighted by atomic mass is 10.2. The van der Waals surface area contributed by atoms with Gasteiger partial charge in [-0.05, 0) is 19.9 Å². The van der Waals surface area contributed by atoms with E-state index in [9.17, 15) is 9.59 Å². The number of hydrogen-bond donors (Lipinski definition) is 3. The molecule has 0 radical (unpaired) electrons. The second-order valence-corrected chi connectivity index (χ2v) is 4.08. The number of amides is 1. The maximum Gasteiger partial charge on any atom is 0.339 e. The second kappa shape index (κ2) is 4.97. The maximum absolute atomic E-state index is 11.8. The van der Waals surface area contributed by atoms with Crippen molar-refractivity contribution in [3.05, 3.63) is 40.6 Å². The molecular weight excluding hydrogens is 250 g/mol. The number of H-pyrrole nitrogens is 1. The fourth-order valence-corrected chi connectivity index (χ4v) is 1.69. The highest BCUT2D eigenvalue weighted by atomic mass is 16.4. The highest BCUT2D eigenvalue weighted by molar-refractivity contribution is 5.95. The number of carbonyl (C=O) groups is 2. The SMILES string of the molecule is Cc1[nH]ncc1C(=O)NCc1cc(C(=O)O)c(C)o1. The number of carboxylic acid groups (broad SMARTS) is 1. The molecule has 0 bridgehead atoms. The van der Waals surface area contributed by atoms with Gasteiger partial charge in [-0.15, -0.1) is 0 Å². The normalized spacial score (nSPS) is 10.4. The molecule has 7 heteroatoms. The van der Waals surface area contributed by atoms with Gasteiger partial charge in [0.1, 0.15) is 17.1 Å². The number of aryl methyl sites for hydroxylation is 2. The molecule has 2 aromatic heterocycles. The van der Waals surface area contributed by atoms with E-state index in [-0.39, 0.29) is 18.0 Å². The van der Waals surface area contributed by atoms with Crippen molar-refractivity contribution in [1.29, 1.82) is 0 Å². The average molecular weight is 263 g/mol. The monoisotopic (exact) mass is 263 g/mol. The largest absolute Gasteiger partial charge is 0.478 e. The molecule has 100 valence electrons. The Morgan fingerprint density at radius 1 is 1.42 bits per heavy atom. The summed E-state index contributed by atoms with van der Waals surface area (Å²) in [7, 11) is 0. The van der Waals surface area contributed by atoms with E-state index in [1.54, 1.807) is 13.8 Å². The van der Waals surface area contributed by atoms with Crippen LogP contribution in [0.2, 0.25) is 0 Å². The predicted octanol–water partition coefficient (Wildman–Crippen LogP) is 1.25. The Morgan fingerprint density at radius 3 is 2.68 bits per heavy atom. The van der Waals surface area contributed by atoms with Crippen LogP contribution in [-0.4, -0.2) is 27.2 Å². The van der Waals surface area contributed by atoms with Crippen molar-refractivity contribution >= 4 is 11.9 Å². The smallest absolute Gasteiger partial charge is 0.339 e. The Morgan fingerprint density at radius 2 is 2.16 bits per heavy atom. The van der Waals surface area contributed by atoms with Crippen LogP contribution in [0.4, 0.5) is 0 Å². The van der Waals surface area contributed by atoms with Gasteiger partial charge < -0.3 is 14.8 Å². The van der Waals surface area contributed by atoms with E-state index in [2.05, 4.69) is 15.5 Å². The summed E-state index contributed by atoms with van der Waals surface area (Å²) in [6.45, 7) is 3.42. The van der Waals surface area contributed by atoms with E-state index in [4.69, 9.17) is 9.52 Å². The molecule has 0 aliphatic carbocycles. The third kappa shape index (κ3) is 2.65. The number of aromatic nitrogens is 2. The Bertz CT molecular complexity index is 627. The van der Waals surface area contributed by atoms with E-state index >= 15 is 0 Å². The molecule has 7 nitrogen and oxygen atoms in total. The highest BCUT2D eigenvalue weighted by Crippen LogP contribution is 2.14. The molecule has 2 heterocycles. The first-order valence-corrected chi connectivity index (χ1v) is 5.60. The summed E-state index contributed by atoms with van der Waals surface area (Å²) < 4.78 is 5.25. The summed E-state index contributed by atoms with van der Waals surface area (Å²) in [4.78, 5) is 22.6. The quantitative estimate of drug-likeness (QED) is 0.769. The standard InChI is InChI=1S/C12H13N3O4/c1-6-10(5-14-15-6)11(16)13-4-8-3-9(12(17)18)7(2)19-8/h3,5H,4H2,1-2H3,(H,13,16)(H,14,15)(H,17,18). The second-order valence-electron chi connectivity index (χ2n) is 4.08. The summed E-state index contributed by atoms with van der Waals surface area (Å²) in [5, 5.41) is 17.9. The number of nitrogens with one attached hydrogen (secondary N) is 2. The average Bonchev–Trinajstić information content (AvgIpc) is 2.92. The van der Waals surface area contributed by atoms with Crippen LogP contribution in [0.15, 0.2) is 16.7 Å². The molecule has 0 saturated carbocycles. The minimum atomic E-state index is -1.05. The lowest BCUT2D eigenvalue weighted by Gasteiger charge is -2.01. The molecule has 0 fully saturated rings. The number of aromatic carboxylic acids is 1. The van der Waals surface area contributed by atoms with Crippen LogP contribution >= 0.6 is 0 Å². The van der Waals surface area contributed by atoms with Crippen LogP contribution in [0, 0.1) is 13.8 Å². The van der Waals surface area contributed by atoms with E-state index < -0.39 is 5.97 Å². The van der Waals surface area contributed by atoms with Crippen molar-refractivity contribution in [2.45, 2.75) is 20.4 Å². The van der Waals surface area contributed by atoms with Crippen molar-refractivity contribution < 1.29 is 19.1 Å². The molecule has 2 rings (SSSR count). The molecule has 0 saturated heterocycles. The first-order valence-electron chi connectivity index (χ1n) is 5.60. The lowest BCUT2D eigenvalue weighted by Crippen LogP contribution is -2.22. The van der Waals surface area contributed by atoms with Gasteiger partial charge in [-0.3, -0.25) is 9.89 Å². The van der Waals surface area contributed by atoms with E-state index in [0.717, 1.165) is 0 Å². The molecule has 0 aliphatic rings. The summed E-state index contributed by atoms with van der Waals surface area (Å²) in [5.74, 6) is -0.637. The van der Waals surface area contributed by atoms with Crippen LogP contribution in [0.3, 0.4) is 0 Å². The number of carboxylic acids is 1. The maximum atomic E-state index is 11.8. The molecule has 19 heavy (non-hydrogen) atoms. The zero-order chi connectivity index (χ0) is 14.0. The zero-order valence-corrected chi connectivity index (χ0v) is 10.5. The minimum absolute atomic E-state index is 0.101. The first kappa shape index (κ1) is 12.9. The van der Waals surface area contributed by atoms with Crippen LogP contribution in [0.1, 0.15) is 37.9 Å². The van der Waals surface area contributed by atoms with Gasteiger partial charge in [0.2, 0.25) is 0 Å². The molecule has 1 amide bonds. The third-order valence-corrected chi connectivity index (χ3v) is 2.70. The number of aromatic amines is 1. The fraction of sp³-hybridized carbons (Fsp3) is 0.250. The summed E-state index contributed by atoms with van der Waals surface area (Å²) in [6.07, 6.45) is 1.43. The van der Waals surface area contributed by atoms with Crippen LogP contribution in [0.5, 0.6) is 0 Å². The number of nitrogens with zero attached hydrogens (tertiary/aromatic N) is 1. The van der Waals surface area contributed by atoms with Crippen LogP contribution in [0.25, 0.3) is 0 Å². The van der Waals surface area contributed by atoms with Gasteiger partial charge >= 0.3 is 5.97 Å². The predicted molar refractivity (Wildman–Crippen MR) is 64.9 cm³/mol. The molecular formula is C12H13N3O4. The van der Waals surface area contributed by atoms with Crippen molar-refractivity contribution in [1.82, 2.24) is 15.5 Å². The molecule has 0 aromatic carbocycles. The van der Waals surface area contributed by atoms with Gasteiger partial charge in [0.05, 0.1) is 18.3 Å². The van der Waals surface area contributed by atoms with E-state index in [1.165, 1.54) is 12.3 Å². The summed E-state index contributed by atoms with van der Waals surface area (Å²) >= 11 is 0. The number of rotatable bonds is 4. The van der Waals surface area contributed by atoms with Gasteiger partial charge in [-0.2, -0.15) is 5.10 Å². The lowest BCUT2D eigenvalue weighted by molar-refractivity contribution is 0.0694. The molecule has 0 spiro atoms. The number of furan rings is 1. The van der Waals surface area contributed by atoms with Crippen LogP contribution in [-0.2, 0) is 6.54 Å². The van der Waals surface area contributed by atoms with Crippen LogP contribution < -0.4 is 5.32 Å².